The van der Waals surface area contributed by atoms with Gasteiger partial charge in [0.15, 0.2) is 11.6 Å². The first-order valence-corrected chi connectivity index (χ1v) is 7.43. The van der Waals surface area contributed by atoms with Crippen molar-refractivity contribution in [1.29, 1.82) is 0 Å². The molecule has 0 saturated carbocycles. The number of carbonyl (C=O) groups excluding carboxylic acids is 3. The predicted octanol–water partition coefficient (Wildman–Crippen LogP) is 2.66. The van der Waals surface area contributed by atoms with Gasteiger partial charge in [0, 0.05) is 27.8 Å². The average molecular weight is 306 g/mol. The normalized spacial score (nSPS) is 14.0. The highest BCUT2D eigenvalue weighted by Gasteiger charge is 2.29. The number of fused-ring (bicyclic) bond motifs is 2. The van der Waals surface area contributed by atoms with Gasteiger partial charge in [-0.3, -0.25) is 14.4 Å². The molecular formula is C19H16NO3-. The third-order valence-electron chi connectivity index (χ3n) is 3.80. The molecule has 1 aliphatic carbocycles. The summed E-state index contributed by atoms with van der Waals surface area (Å²) in [4.78, 5) is 37.2. The van der Waals surface area contributed by atoms with Gasteiger partial charge in [-0.1, -0.05) is 31.2 Å². The molecule has 1 atom stereocenters. The van der Waals surface area contributed by atoms with Crippen molar-refractivity contribution >= 4 is 17.5 Å². The van der Waals surface area contributed by atoms with E-state index in [0.717, 1.165) is 0 Å². The van der Waals surface area contributed by atoms with Gasteiger partial charge in [0.25, 0.3) is 5.91 Å². The summed E-state index contributed by atoms with van der Waals surface area (Å²) in [5.41, 5.74) is 1.78. The van der Waals surface area contributed by atoms with Gasteiger partial charge in [0.1, 0.15) is 0 Å². The number of amides is 1. The lowest BCUT2D eigenvalue weighted by molar-refractivity contribution is 0.0948. The third kappa shape index (κ3) is 2.68. The van der Waals surface area contributed by atoms with E-state index in [1.54, 1.807) is 36.4 Å². The first kappa shape index (κ1) is 15.2. The van der Waals surface area contributed by atoms with Crippen molar-refractivity contribution in [2.24, 2.45) is 5.92 Å². The van der Waals surface area contributed by atoms with Crippen LogP contribution in [0.4, 0.5) is 0 Å². The SMILES string of the molecule is [CH2-]C(C)CNC(=O)c1ccc2c(c1)C(=O)c1ccccc1C2=O. The van der Waals surface area contributed by atoms with E-state index in [2.05, 4.69) is 12.2 Å². The summed E-state index contributed by atoms with van der Waals surface area (Å²) < 4.78 is 0. The molecule has 0 bridgehead atoms. The maximum absolute atomic E-state index is 12.6. The zero-order chi connectivity index (χ0) is 16.6. The molecule has 0 heterocycles. The van der Waals surface area contributed by atoms with Gasteiger partial charge in [-0.2, -0.15) is 5.92 Å². The number of rotatable bonds is 3. The van der Waals surface area contributed by atoms with Crippen molar-refractivity contribution in [2.75, 3.05) is 6.54 Å². The first-order valence-electron chi connectivity index (χ1n) is 7.43. The number of benzene rings is 2. The number of carbonyl (C=O) groups is 3. The van der Waals surface area contributed by atoms with Gasteiger partial charge in [-0.15, -0.1) is 0 Å². The van der Waals surface area contributed by atoms with E-state index < -0.39 is 0 Å². The molecule has 0 radical (unpaired) electrons. The Balaban J connectivity index is 1.99. The Kier molecular flexibility index (Phi) is 3.82. The number of nitrogens with one attached hydrogen (secondary N) is 1. The highest BCUT2D eigenvalue weighted by Crippen LogP contribution is 2.27. The predicted molar refractivity (Wildman–Crippen MR) is 86.6 cm³/mol. The van der Waals surface area contributed by atoms with Crippen LogP contribution >= 0.6 is 0 Å². The highest BCUT2D eigenvalue weighted by atomic mass is 16.2. The van der Waals surface area contributed by atoms with Gasteiger partial charge in [0.2, 0.25) is 0 Å². The standard InChI is InChI=1S/C19H16NO3/c1-11(2)10-20-19(23)12-7-8-15-16(9-12)18(22)14-6-4-3-5-13(14)17(15)21/h3-9,11H,1,10H2,2H3,(H,20,23)/q-1. The van der Waals surface area contributed by atoms with Crippen LogP contribution in [0.15, 0.2) is 42.5 Å². The summed E-state index contributed by atoms with van der Waals surface area (Å²) in [5.74, 6) is -0.599. The topological polar surface area (TPSA) is 63.2 Å². The van der Waals surface area contributed by atoms with Crippen LogP contribution in [0.3, 0.4) is 0 Å². The minimum atomic E-state index is -0.276. The lowest BCUT2D eigenvalue weighted by Crippen LogP contribution is -2.28. The molecule has 3 rings (SSSR count). The zero-order valence-corrected chi connectivity index (χ0v) is 12.8. The van der Waals surface area contributed by atoms with Crippen molar-refractivity contribution in [2.45, 2.75) is 6.92 Å². The third-order valence-corrected chi connectivity index (χ3v) is 3.80. The minimum Gasteiger partial charge on any atom is -0.354 e. The van der Waals surface area contributed by atoms with Gasteiger partial charge in [-0.25, -0.2) is 0 Å². The molecule has 1 amide bonds. The summed E-state index contributed by atoms with van der Waals surface area (Å²) in [5, 5.41) is 2.75. The Bertz CT molecular complexity index is 821. The van der Waals surface area contributed by atoms with Gasteiger partial charge in [0.05, 0.1) is 0 Å². The Hall–Kier alpha value is -2.75. The van der Waals surface area contributed by atoms with Crippen LogP contribution in [-0.2, 0) is 0 Å². The van der Waals surface area contributed by atoms with Crippen LogP contribution in [0.2, 0.25) is 0 Å². The van der Waals surface area contributed by atoms with Crippen molar-refractivity contribution in [3.05, 3.63) is 77.2 Å². The van der Waals surface area contributed by atoms with E-state index >= 15 is 0 Å². The zero-order valence-electron chi connectivity index (χ0n) is 12.8. The molecule has 116 valence electrons. The first-order chi connectivity index (χ1) is 11.0. The lowest BCUT2D eigenvalue weighted by Gasteiger charge is -2.18. The Morgan fingerprint density at radius 3 is 2.17 bits per heavy atom. The maximum atomic E-state index is 12.6. The largest absolute Gasteiger partial charge is 0.354 e. The van der Waals surface area contributed by atoms with Crippen molar-refractivity contribution in [1.82, 2.24) is 5.32 Å². The quantitative estimate of drug-likeness (QED) is 0.757. The number of hydrogen-bond donors (Lipinski definition) is 1. The fourth-order valence-corrected chi connectivity index (χ4v) is 2.61. The molecule has 1 aliphatic rings. The summed E-state index contributed by atoms with van der Waals surface area (Å²) in [7, 11) is 0. The van der Waals surface area contributed by atoms with E-state index in [1.807, 2.05) is 6.92 Å². The summed E-state index contributed by atoms with van der Waals surface area (Å²) in [6, 6.07) is 11.4. The molecule has 4 nitrogen and oxygen atoms in total. The van der Waals surface area contributed by atoms with Crippen LogP contribution in [0, 0.1) is 12.8 Å². The molecule has 0 fully saturated rings. The molecule has 0 saturated heterocycles. The molecule has 1 N–H and O–H groups in total. The van der Waals surface area contributed by atoms with Crippen molar-refractivity contribution < 1.29 is 14.4 Å². The van der Waals surface area contributed by atoms with Crippen LogP contribution in [-0.4, -0.2) is 24.0 Å². The van der Waals surface area contributed by atoms with Gasteiger partial charge in [-0.05, 0) is 24.7 Å². The second-order valence-electron chi connectivity index (χ2n) is 5.78. The molecule has 2 aromatic carbocycles. The Morgan fingerprint density at radius 2 is 1.57 bits per heavy atom. The minimum absolute atomic E-state index is 0.0895. The van der Waals surface area contributed by atoms with Crippen LogP contribution < -0.4 is 5.32 Å². The summed E-state index contributed by atoms with van der Waals surface area (Å²) >= 11 is 0. The Morgan fingerprint density at radius 1 is 1.00 bits per heavy atom. The lowest BCUT2D eigenvalue weighted by atomic mass is 9.83. The van der Waals surface area contributed by atoms with Crippen LogP contribution in [0.5, 0.6) is 0 Å². The monoisotopic (exact) mass is 306 g/mol. The molecule has 23 heavy (non-hydrogen) atoms. The number of hydrogen-bond acceptors (Lipinski definition) is 3. The fourth-order valence-electron chi connectivity index (χ4n) is 2.61. The molecule has 0 aliphatic heterocycles. The van der Waals surface area contributed by atoms with Crippen molar-refractivity contribution in [3.8, 4) is 0 Å². The molecule has 4 heteroatoms. The van der Waals surface area contributed by atoms with Gasteiger partial charge < -0.3 is 12.2 Å². The smallest absolute Gasteiger partial charge is 0.251 e. The molecular weight excluding hydrogens is 290 g/mol. The average Bonchev–Trinajstić information content (AvgIpc) is 2.57. The highest BCUT2D eigenvalue weighted by molar-refractivity contribution is 6.28. The maximum Gasteiger partial charge on any atom is 0.251 e. The molecule has 0 aromatic heterocycles. The fraction of sp³-hybridized carbons (Fsp3) is 0.158. The molecule has 2 aromatic rings. The Labute approximate surface area is 134 Å². The van der Waals surface area contributed by atoms with Gasteiger partial charge >= 0.3 is 0 Å². The van der Waals surface area contributed by atoms with E-state index in [9.17, 15) is 14.4 Å². The summed E-state index contributed by atoms with van der Waals surface area (Å²) in [6.07, 6.45) is 0. The van der Waals surface area contributed by atoms with E-state index in [4.69, 9.17) is 0 Å². The number of ketones is 2. The van der Waals surface area contributed by atoms with Crippen molar-refractivity contribution in [3.63, 3.8) is 0 Å². The molecule has 1 unspecified atom stereocenters. The summed E-state index contributed by atoms with van der Waals surface area (Å²) in [6.45, 7) is 6.15. The van der Waals surface area contributed by atoms with Crippen LogP contribution in [0.25, 0.3) is 0 Å². The molecule has 0 spiro atoms. The second kappa shape index (κ2) is 5.80. The second-order valence-corrected chi connectivity index (χ2v) is 5.78. The van der Waals surface area contributed by atoms with Crippen LogP contribution in [0.1, 0.15) is 49.1 Å². The van der Waals surface area contributed by atoms with E-state index in [0.29, 0.717) is 28.8 Å². The van der Waals surface area contributed by atoms with E-state index in [-0.39, 0.29) is 29.0 Å². The van der Waals surface area contributed by atoms with E-state index in [1.165, 1.54) is 6.07 Å².